The summed E-state index contributed by atoms with van der Waals surface area (Å²) in [5.74, 6) is 1.30. The van der Waals surface area contributed by atoms with Crippen molar-refractivity contribution in [1.82, 2.24) is 0 Å². The fourth-order valence-corrected chi connectivity index (χ4v) is 4.47. The maximum absolute atomic E-state index is 10.2. The van der Waals surface area contributed by atoms with Crippen LogP contribution in [0.1, 0.15) is 44.6 Å². The SMILES string of the molecule is CC(C)CC(C)CC(O)c1cc2sccc2s1. The Hall–Kier alpha value is -0.380. The molecular weight excluding hydrogens is 248 g/mol. The van der Waals surface area contributed by atoms with Gasteiger partial charge in [0.2, 0.25) is 0 Å². The van der Waals surface area contributed by atoms with Gasteiger partial charge in [-0.05, 0) is 42.2 Å². The van der Waals surface area contributed by atoms with Crippen molar-refractivity contribution in [3.63, 3.8) is 0 Å². The van der Waals surface area contributed by atoms with Crippen LogP contribution in [0.15, 0.2) is 17.5 Å². The van der Waals surface area contributed by atoms with Gasteiger partial charge in [0.1, 0.15) is 0 Å². The summed E-state index contributed by atoms with van der Waals surface area (Å²) in [4.78, 5) is 1.13. The molecular formula is C14H20OS2. The van der Waals surface area contributed by atoms with Gasteiger partial charge in [0, 0.05) is 14.3 Å². The Morgan fingerprint density at radius 3 is 2.59 bits per heavy atom. The summed E-state index contributed by atoms with van der Waals surface area (Å²) in [5.41, 5.74) is 0. The summed E-state index contributed by atoms with van der Waals surface area (Å²) in [7, 11) is 0. The summed E-state index contributed by atoms with van der Waals surface area (Å²) in [6.07, 6.45) is 1.79. The summed E-state index contributed by atoms with van der Waals surface area (Å²) in [6.45, 7) is 6.72. The van der Waals surface area contributed by atoms with E-state index in [-0.39, 0.29) is 6.10 Å². The van der Waals surface area contributed by atoms with Crippen molar-refractivity contribution >= 4 is 32.1 Å². The van der Waals surface area contributed by atoms with Gasteiger partial charge in [-0.15, -0.1) is 22.7 Å². The number of rotatable bonds is 5. The van der Waals surface area contributed by atoms with Crippen molar-refractivity contribution in [2.75, 3.05) is 0 Å². The summed E-state index contributed by atoms with van der Waals surface area (Å²) in [6, 6.07) is 4.29. The predicted octanol–water partition coefficient (Wildman–Crippen LogP) is 5.07. The molecule has 0 aliphatic rings. The average Bonchev–Trinajstić information content (AvgIpc) is 2.73. The Morgan fingerprint density at radius 1 is 1.18 bits per heavy atom. The van der Waals surface area contributed by atoms with Crippen LogP contribution < -0.4 is 0 Å². The van der Waals surface area contributed by atoms with Crippen molar-refractivity contribution in [1.29, 1.82) is 0 Å². The van der Waals surface area contributed by atoms with Crippen LogP contribution in [0.4, 0.5) is 0 Å². The van der Waals surface area contributed by atoms with Gasteiger partial charge in [-0.2, -0.15) is 0 Å². The topological polar surface area (TPSA) is 20.2 Å². The van der Waals surface area contributed by atoms with Crippen molar-refractivity contribution in [3.05, 3.63) is 22.4 Å². The molecule has 2 aromatic rings. The van der Waals surface area contributed by atoms with Gasteiger partial charge < -0.3 is 5.11 Å². The number of hydrogen-bond acceptors (Lipinski definition) is 3. The molecule has 2 aromatic heterocycles. The van der Waals surface area contributed by atoms with Gasteiger partial charge in [-0.3, -0.25) is 0 Å². The van der Waals surface area contributed by atoms with Crippen molar-refractivity contribution in [2.45, 2.75) is 39.7 Å². The zero-order chi connectivity index (χ0) is 12.4. The molecule has 0 aliphatic carbocycles. The normalized spacial score (nSPS) is 15.6. The molecule has 0 amide bonds. The van der Waals surface area contributed by atoms with Gasteiger partial charge in [0.25, 0.3) is 0 Å². The molecule has 94 valence electrons. The lowest BCUT2D eigenvalue weighted by Gasteiger charge is -2.17. The highest BCUT2D eigenvalue weighted by Crippen LogP contribution is 2.36. The second kappa shape index (κ2) is 5.51. The molecule has 0 saturated carbocycles. The number of aliphatic hydroxyl groups is 1. The van der Waals surface area contributed by atoms with Crippen LogP contribution >= 0.6 is 22.7 Å². The third-order valence-corrected chi connectivity index (χ3v) is 5.18. The van der Waals surface area contributed by atoms with Crippen LogP contribution in [0.3, 0.4) is 0 Å². The quantitative estimate of drug-likeness (QED) is 0.802. The monoisotopic (exact) mass is 268 g/mol. The molecule has 0 saturated heterocycles. The van der Waals surface area contributed by atoms with Crippen LogP contribution in [0.5, 0.6) is 0 Å². The molecule has 0 fully saturated rings. The molecule has 0 aromatic carbocycles. The second-order valence-electron chi connectivity index (χ2n) is 5.28. The molecule has 1 nitrogen and oxygen atoms in total. The van der Waals surface area contributed by atoms with Gasteiger partial charge >= 0.3 is 0 Å². The Morgan fingerprint density at radius 2 is 1.94 bits per heavy atom. The molecule has 17 heavy (non-hydrogen) atoms. The molecule has 0 bridgehead atoms. The van der Waals surface area contributed by atoms with E-state index in [1.807, 2.05) is 0 Å². The number of hydrogen-bond donors (Lipinski definition) is 1. The minimum Gasteiger partial charge on any atom is -0.388 e. The highest BCUT2D eigenvalue weighted by molar-refractivity contribution is 7.26. The van der Waals surface area contributed by atoms with E-state index < -0.39 is 0 Å². The summed E-state index contributed by atoms with van der Waals surface area (Å²) in [5, 5.41) is 12.3. The number of thiophene rings is 2. The Bertz CT molecular complexity index is 441. The lowest BCUT2D eigenvalue weighted by Crippen LogP contribution is -2.06. The zero-order valence-electron chi connectivity index (χ0n) is 10.6. The Kier molecular flexibility index (Phi) is 4.23. The standard InChI is InChI=1S/C14H20OS2/c1-9(2)6-10(3)7-11(15)13-8-14-12(17-13)4-5-16-14/h4-5,8-11,15H,6-7H2,1-3H3. The molecule has 0 spiro atoms. The van der Waals surface area contributed by atoms with Crippen molar-refractivity contribution < 1.29 is 5.11 Å². The first-order valence-electron chi connectivity index (χ1n) is 6.21. The van der Waals surface area contributed by atoms with E-state index >= 15 is 0 Å². The maximum atomic E-state index is 10.2. The minimum absolute atomic E-state index is 0.284. The highest BCUT2D eigenvalue weighted by Gasteiger charge is 2.16. The maximum Gasteiger partial charge on any atom is 0.0885 e. The van der Waals surface area contributed by atoms with E-state index in [2.05, 4.69) is 38.3 Å². The first-order chi connectivity index (χ1) is 8.06. The van der Waals surface area contributed by atoms with Gasteiger partial charge in [-0.1, -0.05) is 20.8 Å². The van der Waals surface area contributed by atoms with Crippen LogP contribution in [-0.2, 0) is 0 Å². The van der Waals surface area contributed by atoms with Crippen LogP contribution in [-0.4, -0.2) is 5.11 Å². The van der Waals surface area contributed by atoms with Gasteiger partial charge in [0.05, 0.1) is 6.10 Å². The largest absolute Gasteiger partial charge is 0.388 e. The fraction of sp³-hybridized carbons (Fsp3) is 0.571. The molecule has 0 radical (unpaired) electrons. The van der Waals surface area contributed by atoms with E-state index in [4.69, 9.17) is 0 Å². The van der Waals surface area contributed by atoms with Gasteiger partial charge in [-0.25, -0.2) is 0 Å². The Labute approximate surface area is 111 Å². The second-order valence-corrected chi connectivity index (χ2v) is 7.35. The number of aliphatic hydroxyl groups excluding tert-OH is 1. The Balaban J connectivity index is 2.00. The van der Waals surface area contributed by atoms with E-state index in [1.165, 1.54) is 15.8 Å². The summed E-state index contributed by atoms with van der Waals surface area (Å²) >= 11 is 3.49. The van der Waals surface area contributed by atoms with Crippen molar-refractivity contribution in [2.24, 2.45) is 11.8 Å². The third kappa shape index (κ3) is 3.30. The smallest absolute Gasteiger partial charge is 0.0885 e. The molecule has 1 N–H and O–H groups in total. The average molecular weight is 268 g/mol. The van der Waals surface area contributed by atoms with Crippen LogP contribution in [0, 0.1) is 11.8 Å². The summed E-state index contributed by atoms with van der Waals surface area (Å²) < 4.78 is 2.61. The lowest BCUT2D eigenvalue weighted by atomic mass is 9.93. The first kappa shape index (κ1) is 13.1. The lowest BCUT2D eigenvalue weighted by molar-refractivity contribution is 0.145. The minimum atomic E-state index is -0.284. The van der Waals surface area contributed by atoms with E-state index in [9.17, 15) is 5.11 Å². The third-order valence-electron chi connectivity index (χ3n) is 2.99. The van der Waals surface area contributed by atoms with Gasteiger partial charge in [0.15, 0.2) is 0 Å². The predicted molar refractivity (Wildman–Crippen MR) is 77.9 cm³/mol. The molecule has 3 heteroatoms. The molecule has 2 heterocycles. The molecule has 2 unspecified atom stereocenters. The molecule has 0 aliphatic heterocycles. The molecule has 2 rings (SSSR count). The highest BCUT2D eigenvalue weighted by atomic mass is 32.1. The van der Waals surface area contributed by atoms with Crippen LogP contribution in [0.25, 0.3) is 9.40 Å². The van der Waals surface area contributed by atoms with Crippen LogP contribution in [0.2, 0.25) is 0 Å². The molecule has 2 atom stereocenters. The van der Waals surface area contributed by atoms with E-state index in [1.54, 1.807) is 22.7 Å². The fourth-order valence-electron chi connectivity index (χ4n) is 2.35. The van der Waals surface area contributed by atoms with E-state index in [0.717, 1.165) is 11.3 Å². The van der Waals surface area contributed by atoms with Crippen molar-refractivity contribution in [3.8, 4) is 0 Å². The zero-order valence-corrected chi connectivity index (χ0v) is 12.3. The number of fused-ring (bicyclic) bond motifs is 1. The van der Waals surface area contributed by atoms with E-state index in [0.29, 0.717) is 11.8 Å². The first-order valence-corrected chi connectivity index (χ1v) is 7.91.